The van der Waals surface area contributed by atoms with Gasteiger partial charge in [-0.25, -0.2) is 0 Å². The highest BCUT2D eigenvalue weighted by molar-refractivity contribution is 6.30. The van der Waals surface area contributed by atoms with Gasteiger partial charge in [0.05, 0.1) is 27.2 Å². The molecule has 9 heteroatoms. The second-order valence-corrected chi connectivity index (χ2v) is 7.90. The van der Waals surface area contributed by atoms with Crippen molar-refractivity contribution in [2.75, 3.05) is 34.4 Å². The highest BCUT2D eigenvalue weighted by Crippen LogP contribution is 2.39. The van der Waals surface area contributed by atoms with E-state index in [1.807, 2.05) is 12.1 Å². The van der Waals surface area contributed by atoms with Gasteiger partial charge < -0.3 is 23.6 Å². The normalized spacial score (nSPS) is 16.0. The SMILES string of the molecule is COc1cc(C(=O)N2CCC[C@H](c3nc(-c4ccc(Cl)cc4)no3)C2)cc(OC)c1OC. The number of carbonyl (C=O) groups excluding carboxylic acids is 1. The van der Waals surface area contributed by atoms with Crippen LogP contribution >= 0.6 is 11.6 Å². The Kier molecular flexibility index (Phi) is 6.50. The van der Waals surface area contributed by atoms with Crippen molar-refractivity contribution in [2.24, 2.45) is 0 Å². The van der Waals surface area contributed by atoms with Crippen LogP contribution in [0.4, 0.5) is 0 Å². The lowest BCUT2D eigenvalue weighted by Gasteiger charge is -2.31. The molecule has 0 N–H and O–H groups in total. The Balaban J connectivity index is 1.53. The summed E-state index contributed by atoms with van der Waals surface area (Å²) in [4.78, 5) is 19.6. The number of hydrogen-bond acceptors (Lipinski definition) is 7. The average Bonchev–Trinajstić information content (AvgIpc) is 3.33. The fourth-order valence-electron chi connectivity index (χ4n) is 3.87. The standard InChI is InChI=1S/C23H24ClN3O5/c1-29-18-11-16(12-19(30-2)20(18)31-3)23(28)27-10-4-5-15(13-27)22-25-21(26-32-22)14-6-8-17(24)9-7-14/h6-9,11-12,15H,4-5,10,13H2,1-3H3/t15-/m0/s1. The number of ether oxygens (including phenoxy) is 3. The van der Waals surface area contributed by atoms with Crippen molar-refractivity contribution in [2.45, 2.75) is 18.8 Å². The lowest BCUT2D eigenvalue weighted by molar-refractivity contribution is 0.0695. The first-order valence-corrected chi connectivity index (χ1v) is 10.6. The summed E-state index contributed by atoms with van der Waals surface area (Å²) in [6, 6.07) is 10.6. The second kappa shape index (κ2) is 9.48. The van der Waals surface area contributed by atoms with E-state index >= 15 is 0 Å². The number of hydrogen-bond donors (Lipinski definition) is 0. The molecule has 1 saturated heterocycles. The van der Waals surface area contributed by atoms with Gasteiger partial charge in [-0.15, -0.1) is 0 Å². The molecule has 1 aromatic heterocycles. The molecule has 0 radical (unpaired) electrons. The molecule has 0 unspecified atom stereocenters. The topological polar surface area (TPSA) is 86.9 Å². The lowest BCUT2D eigenvalue weighted by atomic mass is 9.97. The predicted molar refractivity (Wildman–Crippen MR) is 119 cm³/mol. The van der Waals surface area contributed by atoms with Gasteiger partial charge in [-0.3, -0.25) is 4.79 Å². The van der Waals surface area contributed by atoms with Gasteiger partial charge in [0.1, 0.15) is 0 Å². The monoisotopic (exact) mass is 457 g/mol. The Morgan fingerprint density at radius 3 is 2.41 bits per heavy atom. The number of amides is 1. The van der Waals surface area contributed by atoms with Gasteiger partial charge in [-0.05, 0) is 49.2 Å². The maximum absolute atomic E-state index is 13.3. The Hall–Kier alpha value is -3.26. The Bertz CT molecular complexity index is 1070. The molecule has 2 aromatic carbocycles. The number of rotatable bonds is 6. The summed E-state index contributed by atoms with van der Waals surface area (Å²) in [5.41, 5.74) is 1.29. The number of likely N-dealkylation sites (tertiary alicyclic amines) is 1. The molecule has 0 spiro atoms. The fourth-order valence-corrected chi connectivity index (χ4v) is 3.99. The third-order valence-electron chi connectivity index (χ3n) is 5.51. The van der Waals surface area contributed by atoms with Crippen molar-refractivity contribution in [1.82, 2.24) is 15.0 Å². The molecule has 8 nitrogen and oxygen atoms in total. The van der Waals surface area contributed by atoms with Crippen LogP contribution in [0.5, 0.6) is 17.2 Å². The van der Waals surface area contributed by atoms with Crippen LogP contribution in [0.3, 0.4) is 0 Å². The molecule has 2 heterocycles. The summed E-state index contributed by atoms with van der Waals surface area (Å²) in [6.45, 7) is 1.13. The van der Waals surface area contributed by atoms with Crippen LogP contribution < -0.4 is 14.2 Å². The fraction of sp³-hybridized carbons (Fsp3) is 0.348. The van der Waals surface area contributed by atoms with Gasteiger partial charge in [-0.2, -0.15) is 4.98 Å². The third-order valence-corrected chi connectivity index (χ3v) is 5.77. The van der Waals surface area contributed by atoms with E-state index in [2.05, 4.69) is 10.1 Å². The zero-order valence-electron chi connectivity index (χ0n) is 18.1. The quantitative estimate of drug-likeness (QED) is 0.540. The van der Waals surface area contributed by atoms with Crippen LogP contribution in [0.15, 0.2) is 40.9 Å². The molecule has 0 saturated carbocycles. The molecule has 4 rings (SSSR count). The minimum Gasteiger partial charge on any atom is -0.493 e. The van der Waals surface area contributed by atoms with E-state index in [0.717, 1.165) is 18.4 Å². The molecule has 1 amide bonds. The summed E-state index contributed by atoms with van der Waals surface area (Å²) >= 11 is 5.95. The first kappa shape index (κ1) is 22.0. The average molecular weight is 458 g/mol. The smallest absolute Gasteiger partial charge is 0.254 e. The van der Waals surface area contributed by atoms with Crippen molar-refractivity contribution in [1.29, 1.82) is 0 Å². The molecule has 1 aliphatic heterocycles. The summed E-state index contributed by atoms with van der Waals surface area (Å²) < 4.78 is 21.7. The number of halogens is 1. The highest BCUT2D eigenvalue weighted by Gasteiger charge is 2.30. The van der Waals surface area contributed by atoms with Crippen molar-refractivity contribution < 1.29 is 23.5 Å². The van der Waals surface area contributed by atoms with Crippen molar-refractivity contribution >= 4 is 17.5 Å². The molecular formula is C23H24ClN3O5. The van der Waals surface area contributed by atoms with Gasteiger partial charge in [0, 0.05) is 29.2 Å². The van der Waals surface area contributed by atoms with Crippen LogP contribution in [0.25, 0.3) is 11.4 Å². The van der Waals surface area contributed by atoms with Crippen LogP contribution in [0.1, 0.15) is 35.0 Å². The summed E-state index contributed by atoms with van der Waals surface area (Å²) in [5.74, 6) is 2.20. The van der Waals surface area contributed by atoms with Gasteiger partial charge >= 0.3 is 0 Å². The Labute approximate surface area is 191 Å². The van der Waals surface area contributed by atoms with E-state index < -0.39 is 0 Å². The van der Waals surface area contributed by atoms with Crippen LogP contribution in [-0.4, -0.2) is 55.4 Å². The lowest BCUT2D eigenvalue weighted by Crippen LogP contribution is -2.39. The molecule has 1 atom stereocenters. The summed E-state index contributed by atoms with van der Waals surface area (Å²) in [7, 11) is 4.58. The van der Waals surface area contributed by atoms with E-state index in [9.17, 15) is 4.79 Å². The molecule has 32 heavy (non-hydrogen) atoms. The van der Waals surface area contributed by atoms with E-state index in [0.29, 0.717) is 52.6 Å². The number of piperidine rings is 1. The van der Waals surface area contributed by atoms with Crippen LogP contribution in [-0.2, 0) is 0 Å². The molecule has 1 aliphatic rings. The van der Waals surface area contributed by atoms with Crippen LogP contribution in [0, 0.1) is 0 Å². The van der Waals surface area contributed by atoms with Gasteiger partial charge in [0.25, 0.3) is 5.91 Å². The number of benzene rings is 2. The third kappa shape index (κ3) is 4.36. The maximum Gasteiger partial charge on any atom is 0.254 e. The zero-order valence-corrected chi connectivity index (χ0v) is 18.9. The first-order chi connectivity index (χ1) is 15.5. The van der Waals surface area contributed by atoms with Crippen LogP contribution in [0.2, 0.25) is 5.02 Å². The minimum atomic E-state index is -0.119. The zero-order chi connectivity index (χ0) is 22.7. The maximum atomic E-state index is 13.3. The highest BCUT2D eigenvalue weighted by atomic mass is 35.5. The molecule has 0 aliphatic carbocycles. The van der Waals surface area contributed by atoms with Gasteiger partial charge in [0.2, 0.25) is 17.5 Å². The number of methoxy groups -OCH3 is 3. The Morgan fingerprint density at radius 2 is 1.78 bits per heavy atom. The summed E-state index contributed by atoms with van der Waals surface area (Å²) in [5, 5.41) is 4.75. The first-order valence-electron chi connectivity index (χ1n) is 10.2. The molecule has 168 valence electrons. The molecule has 0 bridgehead atoms. The largest absolute Gasteiger partial charge is 0.493 e. The molecule has 3 aromatic rings. The second-order valence-electron chi connectivity index (χ2n) is 7.47. The number of nitrogens with zero attached hydrogens (tertiary/aromatic N) is 3. The van der Waals surface area contributed by atoms with Gasteiger partial charge in [0.15, 0.2) is 11.5 Å². The van der Waals surface area contributed by atoms with Crippen molar-refractivity contribution in [3.8, 4) is 28.6 Å². The van der Waals surface area contributed by atoms with E-state index in [1.54, 1.807) is 29.2 Å². The van der Waals surface area contributed by atoms with E-state index in [1.165, 1.54) is 21.3 Å². The minimum absolute atomic E-state index is 0.0386. The predicted octanol–water partition coefficient (Wildman–Crippen LogP) is 4.44. The molecular weight excluding hydrogens is 434 g/mol. The van der Waals surface area contributed by atoms with E-state index in [4.69, 9.17) is 30.3 Å². The Morgan fingerprint density at radius 1 is 1.09 bits per heavy atom. The number of aromatic nitrogens is 2. The number of carbonyl (C=O) groups is 1. The van der Waals surface area contributed by atoms with E-state index in [-0.39, 0.29) is 11.8 Å². The van der Waals surface area contributed by atoms with Crippen molar-refractivity contribution in [3.05, 3.63) is 52.9 Å². The van der Waals surface area contributed by atoms with Crippen molar-refractivity contribution in [3.63, 3.8) is 0 Å². The molecule has 1 fully saturated rings. The summed E-state index contributed by atoms with van der Waals surface area (Å²) in [6.07, 6.45) is 1.70. The van der Waals surface area contributed by atoms with Gasteiger partial charge in [-0.1, -0.05) is 16.8 Å².